The van der Waals surface area contributed by atoms with Gasteiger partial charge in [-0.2, -0.15) is 5.10 Å². The summed E-state index contributed by atoms with van der Waals surface area (Å²) < 4.78 is 1.82. The quantitative estimate of drug-likeness (QED) is 0.769. The first-order valence-corrected chi connectivity index (χ1v) is 5.97. The van der Waals surface area contributed by atoms with Gasteiger partial charge >= 0.3 is 0 Å². The van der Waals surface area contributed by atoms with Crippen LogP contribution in [-0.4, -0.2) is 19.7 Å². The molecule has 0 fully saturated rings. The van der Waals surface area contributed by atoms with Crippen molar-refractivity contribution in [3.8, 4) is 5.69 Å². The molecule has 1 unspecified atom stereocenters. The molecule has 0 radical (unpaired) electrons. The zero-order valence-electron chi connectivity index (χ0n) is 10.2. The highest BCUT2D eigenvalue weighted by Crippen LogP contribution is 2.19. The molecule has 3 rings (SSSR count). The van der Waals surface area contributed by atoms with E-state index in [1.807, 2.05) is 41.1 Å². The molecule has 2 aromatic heterocycles. The maximum absolute atomic E-state index is 6.24. The summed E-state index contributed by atoms with van der Waals surface area (Å²) in [6.45, 7) is 0. The standard InChI is InChI=1S/C14H13N5/c15-14(12-10-16-8-9-17-12)13-6-7-18-19(13)11-4-2-1-3-5-11/h1-10,14H,15H2. The van der Waals surface area contributed by atoms with Crippen molar-refractivity contribution in [1.29, 1.82) is 0 Å². The van der Waals surface area contributed by atoms with Crippen LogP contribution in [-0.2, 0) is 0 Å². The highest BCUT2D eigenvalue weighted by Gasteiger charge is 2.16. The van der Waals surface area contributed by atoms with Crippen molar-refractivity contribution in [3.63, 3.8) is 0 Å². The van der Waals surface area contributed by atoms with Crippen LogP contribution in [0.4, 0.5) is 0 Å². The predicted octanol–water partition coefficient (Wildman–Crippen LogP) is 1.71. The second kappa shape index (κ2) is 4.99. The number of benzene rings is 1. The first-order valence-electron chi connectivity index (χ1n) is 5.97. The Morgan fingerprint density at radius 1 is 1.00 bits per heavy atom. The van der Waals surface area contributed by atoms with Crippen molar-refractivity contribution in [3.05, 3.63) is 72.6 Å². The summed E-state index contributed by atoms with van der Waals surface area (Å²) >= 11 is 0. The predicted molar refractivity (Wildman–Crippen MR) is 71.6 cm³/mol. The lowest BCUT2D eigenvalue weighted by molar-refractivity contribution is 0.719. The number of aromatic nitrogens is 4. The Balaban J connectivity index is 2.01. The number of hydrogen-bond acceptors (Lipinski definition) is 4. The van der Waals surface area contributed by atoms with Crippen LogP contribution in [0.2, 0.25) is 0 Å². The summed E-state index contributed by atoms with van der Waals surface area (Å²) in [6.07, 6.45) is 6.68. The van der Waals surface area contributed by atoms with E-state index in [2.05, 4.69) is 15.1 Å². The fourth-order valence-electron chi connectivity index (χ4n) is 1.96. The number of nitrogens with two attached hydrogens (primary N) is 1. The van der Waals surface area contributed by atoms with Crippen LogP contribution in [0, 0.1) is 0 Å². The Bertz CT molecular complexity index is 648. The Morgan fingerprint density at radius 2 is 1.84 bits per heavy atom. The van der Waals surface area contributed by atoms with Gasteiger partial charge in [-0.05, 0) is 18.2 Å². The average Bonchev–Trinajstić information content (AvgIpc) is 2.98. The molecule has 94 valence electrons. The third kappa shape index (κ3) is 2.23. The second-order valence-electron chi connectivity index (χ2n) is 4.11. The summed E-state index contributed by atoms with van der Waals surface area (Å²) in [7, 11) is 0. The maximum atomic E-state index is 6.24. The minimum absolute atomic E-state index is 0.351. The number of rotatable bonds is 3. The largest absolute Gasteiger partial charge is 0.318 e. The molecule has 2 heterocycles. The van der Waals surface area contributed by atoms with Gasteiger partial charge in [0.25, 0.3) is 0 Å². The number of nitrogens with zero attached hydrogens (tertiary/aromatic N) is 4. The monoisotopic (exact) mass is 251 g/mol. The Hall–Kier alpha value is -2.53. The van der Waals surface area contributed by atoms with Crippen molar-refractivity contribution < 1.29 is 0 Å². The molecule has 0 aliphatic heterocycles. The molecular weight excluding hydrogens is 238 g/mol. The summed E-state index contributed by atoms with van der Waals surface area (Å²) in [4.78, 5) is 8.29. The van der Waals surface area contributed by atoms with Gasteiger partial charge in [-0.3, -0.25) is 9.97 Å². The van der Waals surface area contributed by atoms with Crippen molar-refractivity contribution in [1.82, 2.24) is 19.7 Å². The minimum Gasteiger partial charge on any atom is -0.318 e. The molecule has 0 bridgehead atoms. The van der Waals surface area contributed by atoms with Crippen LogP contribution in [0.1, 0.15) is 17.4 Å². The van der Waals surface area contributed by atoms with E-state index in [1.54, 1.807) is 24.8 Å². The van der Waals surface area contributed by atoms with Gasteiger partial charge in [0.05, 0.1) is 29.3 Å². The molecule has 2 N–H and O–H groups in total. The molecule has 0 saturated heterocycles. The van der Waals surface area contributed by atoms with Crippen LogP contribution >= 0.6 is 0 Å². The molecule has 0 spiro atoms. The van der Waals surface area contributed by atoms with E-state index in [0.29, 0.717) is 0 Å². The highest BCUT2D eigenvalue weighted by molar-refractivity contribution is 5.34. The Kier molecular flexibility index (Phi) is 3.04. The smallest absolute Gasteiger partial charge is 0.0917 e. The van der Waals surface area contributed by atoms with Gasteiger partial charge in [-0.25, -0.2) is 4.68 Å². The van der Waals surface area contributed by atoms with Crippen LogP contribution < -0.4 is 5.73 Å². The molecule has 5 heteroatoms. The maximum Gasteiger partial charge on any atom is 0.0917 e. The molecule has 1 aromatic carbocycles. The lowest BCUT2D eigenvalue weighted by Crippen LogP contribution is -2.18. The fourth-order valence-corrected chi connectivity index (χ4v) is 1.96. The molecule has 5 nitrogen and oxygen atoms in total. The minimum atomic E-state index is -0.351. The van der Waals surface area contributed by atoms with E-state index >= 15 is 0 Å². The molecule has 0 saturated carbocycles. The topological polar surface area (TPSA) is 69.6 Å². The van der Waals surface area contributed by atoms with E-state index in [-0.39, 0.29) is 6.04 Å². The first-order chi connectivity index (χ1) is 9.36. The van der Waals surface area contributed by atoms with Crippen molar-refractivity contribution >= 4 is 0 Å². The van der Waals surface area contributed by atoms with E-state index in [1.165, 1.54) is 0 Å². The highest BCUT2D eigenvalue weighted by atomic mass is 15.3. The number of hydrogen-bond donors (Lipinski definition) is 1. The van der Waals surface area contributed by atoms with Crippen molar-refractivity contribution in [2.24, 2.45) is 5.73 Å². The average molecular weight is 251 g/mol. The molecule has 1 atom stereocenters. The van der Waals surface area contributed by atoms with E-state index in [4.69, 9.17) is 5.73 Å². The zero-order chi connectivity index (χ0) is 13.1. The Morgan fingerprint density at radius 3 is 2.58 bits per heavy atom. The molecule has 19 heavy (non-hydrogen) atoms. The summed E-state index contributed by atoms with van der Waals surface area (Å²) in [5.41, 5.74) is 8.81. The van der Waals surface area contributed by atoms with E-state index < -0.39 is 0 Å². The van der Waals surface area contributed by atoms with Crippen molar-refractivity contribution in [2.45, 2.75) is 6.04 Å². The second-order valence-corrected chi connectivity index (χ2v) is 4.11. The third-order valence-electron chi connectivity index (χ3n) is 2.89. The van der Waals surface area contributed by atoms with Gasteiger partial charge in [0, 0.05) is 18.6 Å². The van der Waals surface area contributed by atoms with Gasteiger partial charge in [0.2, 0.25) is 0 Å². The van der Waals surface area contributed by atoms with Crippen LogP contribution in [0.15, 0.2) is 61.2 Å². The molecule has 3 aromatic rings. The lowest BCUT2D eigenvalue weighted by Gasteiger charge is -2.13. The van der Waals surface area contributed by atoms with Crippen LogP contribution in [0.25, 0.3) is 5.69 Å². The molecular formula is C14H13N5. The lowest BCUT2D eigenvalue weighted by atomic mass is 10.1. The fraction of sp³-hybridized carbons (Fsp3) is 0.0714. The van der Waals surface area contributed by atoms with Gasteiger partial charge in [-0.15, -0.1) is 0 Å². The first kappa shape index (κ1) is 11.6. The number of para-hydroxylation sites is 1. The van der Waals surface area contributed by atoms with Crippen LogP contribution in [0.5, 0.6) is 0 Å². The molecule has 0 aliphatic rings. The van der Waals surface area contributed by atoms with Crippen LogP contribution in [0.3, 0.4) is 0 Å². The molecule has 0 aliphatic carbocycles. The van der Waals surface area contributed by atoms with Crippen molar-refractivity contribution in [2.75, 3.05) is 0 Å². The Labute approximate surface area is 110 Å². The normalized spacial score (nSPS) is 12.3. The van der Waals surface area contributed by atoms with Gasteiger partial charge < -0.3 is 5.73 Å². The van der Waals surface area contributed by atoms with Gasteiger partial charge in [-0.1, -0.05) is 18.2 Å². The summed E-state index contributed by atoms with van der Waals surface area (Å²) in [5, 5.41) is 4.32. The van der Waals surface area contributed by atoms with E-state index in [0.717, 1.165) is 17.1 Å². The summed E-state index contributed by atoms with van der Waals surface area (Å²) in [6, 6.07) is 11.4. The van der Waals surface area contributed by atoms with Gasteiger partial charge in [0.1, 0.15) is 0 Å². The molecule has 0 amide bonds. The summed E-state index contributed by atoms with van der Waals surface area (Å²) in [5.74, 6) is 0. The zero-order valence-corrected chi connectivity index (χ0v) is 10.2. The van der Waals surface area contributed by atoms with Gasteiger partial charge in [0.15, 0.2) is 0 Å². The third-order valence-corrected chi connectivity index (χ3v) is 2.89. The van der Waals surface area contributed by atoms with E-state index in [9.17, 15) is 0 Å². The SMILES string of the molecule is NC(c1cnccn1)c1ccnn1-c1ccccc1.